The van der Waals surface area contributed by atoms with Crippen molar-refractivity contribution in [1.82, 2.24) is 19.3 Å². The van der Waals surface area contributed by atoms with Crippen LogP contribution in [0.25, 0.3) is 16.7 Å². The summed E-state index contributed by atoms with van der Waals surface area (Å²) in [6.07, 6.45) is 3.54. The molecule has 0 radical (unpaired) electrons. The molecule has 34 heavy (non-hydrogen) atoms. The molecule has 3 aromatic heterocycles. The van der Waals surface area contributed by atoms with Crippen molar-refractivity contribution in [3.05, 3.63) is 112 Å². The van der Waals surface area contributed by atoms with Crippen molar-refractivity contribution in [3.8, 4) is 5.75 Å². The lowest BCUT2D eigenvalue weighted by molar-refractivity contribution is 0.0950. The average molecular weight is 453 g/mol. The predicted molar refractivity (Wildman–Crippen MR) is 131 cm³/mol. The molecule has 0 unspecified atom stereocenters. The molecule has 0 saturated heterocycles. The van der Waals surface area contributed by atoms with E-state index >= 15 is 0 Å². The maximum atomic E-state index is 13.2. The smallest absolute Gasteiger partial charge is 0.276 e. The number of carbonyl (C=O) groups excluding carboxylic acids is 1. The standard InChI is InChI=1S/C27H24N4O3/c1-2-34-24-13-4-3-9-21(24)17-29-26(32)20-10-5-8-19(16-20)18-31-25-22(11-6-14-28-25)30-15-7-12-23(30)27(31)33/h3-16H,2,17-18H2,1H3,(H,29,32). The second-order valence-corrected chi connectivity index (χ2v) is 7.92. The van der Waals surface area contributed by atoms with Gasteiger partial charge < -0.3 is 14.5 Å². The van der Waals surface area contributed by atoms with E-state index in [4.69, 9.17) is 4.74 Å². The molecule has 1 amide bonds. The second kappa shape index (κ2) is 9.23. The molecule has 0 aliphatic carbocycles. The van der Waals surface area contributed by atoms with E-state index in [1.54, 1.807) is 22.9 Å². The fourth-order valence-electron chi connectivity index (χ4n) is 4.15. The Morgan fingerprint density at radius 2 is 1.85 bits per heavy atom. The van der Waals surface area contributed by atoms with Gasteiger partial charge in [-0.2, -0.15) is 0 Å². The number of fused-ring (bicyclic) bond motifs is 3. The number of nitrogens with one attached hydrogen (secondary N) is 1. The second-order valence-electron chi connectivity index (χ2n) is 7.92. The Morgan fingerprint density at radius 3 is 2.74 bits per heavy atom. The Kier molecular flexibility index (Phi) is 5.82. The monoisotopic (exact) mass is 452 g/mol. The summed E-state index contributed by atoms with van der Waals surface area (Å²) >= 11 is 0. The van der Waals surface area contributed by atoms with Crippen molar-refractivity contribution in [3.63, 3.8) is 0 Å². The summed E-state index contributed by atoms with van der Waals surface area (Å²) in [7, 11) is 0. The number of amides is 1. The van der Waals surface area contributed by atoms with Gasteiger partial charge in [0.05, 0.1) is 18.7 Å². The molecule has 7 nitrogen and oxygen atoms in total. The third-order valence-corrected chi connectivity index (χ3v) is 5.74. The highest BCUT2D eigenvalue weighted by Gasteiger charge is 2.13. The van der Waals surface area contributed by atoms with E-state index < -0.39 is 0 Å². The Bertz CT molecular complexity index is 1550. The fraction of sp³-hybridized carbons (Fsp3) is 0.148. The maximum absolute atomic E-state index is 13.2. The van der Waals surface area contributed by atoms with Crippen LogP contribution in [-0.2, 0) is 13.1 Å². The number of para-hydroxylation sites is 1. The van der Waals surface area contributed by atoms with E-state index in [9.17, 15) is 9.59 Å². The number of carbonyl (C=O) groups is 1. The van der Waals surface area contributed by atoms with Crippen LogP contribution in [0.5, 0.6) is 5.75 Å². The van der Waals surface area contributed by atoms with Crippen molar-refractivity contribution in [1.29, 1.82) is 0 Å². The minimum atomic E-state index is -0.189. The maximum Gasteiger partial charge on any atom is 0.276 e. The summed E-state index contributed by atoms with van der Waals surface area (Å²) in [5.41, 5.74) is 4.19. The number of hydrogen-bond donors (Lipinski definition) is 1. The molecule has 0 spiro atoms. The van der Waals surface area contributed by atoms with Gasteiger partial charge in [-0.25, -0.2) is 4.98 Å². The van der Waals surface area contributed by atoms with Crippen molar-refractivity contribution in [2.45, 2.75) is 20.0 Å². The number of aromatic nitrogens is 3. The fourth-order valence-corrected chi connectivity index (χ4v) is 4.15. The molecule has 1 N–H and O–H groups in total. The van der Waals surface area contributed by atoms with E-state index in [1.807, 2.05) is 78.2 Å². The normalized spacial score (nSPS) is 11.1. The zero-order valence-corrected chi connectivity index (χ0v) is 18.8. The Labute approximate surface area is 196 Å². The summed E-state index contributed by atoms with van der Waals surface area (Å²) in [5.74, 6) is 0.573. The van der Waals surface area contributed by atoms with E-state index in [1.165, 1.54) is 0 Å². The molecule has 5 rings (SSSR count). The van der Waals surface area contributed by atoms with Crippen molar-refractivity contribution in [2.24, 2.45) is 0 Å². The minimum absolute atomic E-state index is 0.126. The van der Waals surface area contributed by atoms with Crippen molar-refractivity contribution in [2.75, 3.05) is 6.61 Å². The van der Waals surface area contributed by atoms with Crippen LogP contribution in [0, 0.1) is 0 Å². The van der Waals surface area contributed by atoms with Gasteiger partial charge in [0.2, 0.25) is 0 Å². The van der Waals surface area contributed by atoms with E-state index in [0.29, 0.717) is 36.4 Å². The quantitative estimate of drug-likeness (QED) is 0.405. The van der Waals surface area contributed by atoms with Gasteiger partial charge >= 0.3 is 0 Å². The van der Waals surface area contributed by atoms with Gasteiger partial charge in [-0.1, -0.05) is 30.3 Å². The first-order valence-electron chi connectivity index (χ1n) is 11.2. The van der Waals surface area contributed by atoms with Gasteiger partial charge in [0.25, 0.3) is 11.5 Å². The van der Waals surface area contributed by atoms with Crippen LogP contribution < -0.4 is 15.6 Å². The number of rotatable bonds is 7. The molecule has 7 heteroatoms. The topological polar surface area (TPSA) is 77.6 Å². The summed E-state index contributed by atoms with van der Waals surface area (Å²) in [4.78, 5) is 30.5. The molecule has 2 aromatic carbocycles. The molecular weight excluding hydrogens is 428 g/mol. The molecule has 0 aliphatic heterocycles. The molecule has 0 saturated carbocycles. The van der Waals surface area contributed by atoms with Gasteiger partial charge in [-0.05, 0) is 55.0 Å². The molecule has 0 bridgehead atoms. The van der Waals surface area contributed by atoms with Gasteiger partial charge in [0.15, 0.2) is 5.65 Å². The van der Waals surface area contributed by atoms with Crippen LogP contribution in [0.2, 0.25) is 0 Å². The van der Waals surface area contributed by atoms with Gasteiger partial charge in [-0.3, -0.25) is 14.2 Å². The third kappa shape index (κ3) is 4.03. The molecule has 0 fully saturated rings. The van der Waals surface area contributed by atoms with Crippen LogP contribution in [-0.4, -0.2) is 26.5 Å². The summed E-state index contributed by atoms with van der Waals surface area (Å²) in [6, 6.07) is 22.4. The van der Waals surface area contributed by atoms with Crippen molar-refractivity contribution < 1.29 is 9.53 Å². The first-order chi connectivity index (χ1) is 16.7. The molecular formula is C27H24N4O3. The Balaban J connectivity index is 1.41. The highest BCUT2D eigenvalue weighted by atomic mass is 16.5. The number of nitrogens with zero attached hydrogens (tertiary/aromatic N) is 3. The zero-order valence-electron chi connectivity index (χ0n) is 18.8. The summed E-state index contributed by atoms with van der Waals surface area (Å²) in [5, 5.41) is 2.96. The minimum Gasteiger partial charge on any atom is -0.494 e. The molecule has 0 aliphatic rings. The lowest BCUT2D eigenvalue weighted by Gasteiger charge is -2.13. The number of hydrogen-bond acceptors (Lipinski definition) is 4. The largest absolute Gasteiger partial charge is 0.494 e. The first kappa shape index (κ1) is 21.5. The Hall–Kier alpha value is -4.39. The lowest BCUT2D eigenvalue weighted by Crippen LogP contribution is -2.25. The predicted octanol–water partition coefficient (Wildman–Crippen LogP) is 4.03. The van der Waals surface area contributed by atoms with E-state index in [0.717, 1.165) is 22.4 Å². The Morgan fingerprint density at radius 1 is 1.00 bits per heavy atom. The number of pyridine rings is 1. The first-order valence-corrected chi connectivity index (χ1v) is 11.2. The van der Waals surface area contributed by atoms with Crippen LogP contribution in [0.1, 0.15) is 28.4 Å². The van der Waals surface area contributed by atoms with Gasteiger partial charge in [0, 0.05) is 30.1 Å². The molecule has 170 valence electrons. The summed E-state index contributed by atoms with van der Waals surface area (Å²) < 4.78 is 9.15. The summed E-state index contributed by atoms with van der Waals surface area (Å²) in [6.45, 7) is 3.16. The highest BCUT2D eigenvalue weighted by Crippen LogP contribution is 2.18. The van der Waals surface area contributed by atoms with Crippen LogP contribution >= 0.6 is 0 Å². The van der Waals surface area contributed by atoms with E-state index in [2.05, 4.69) is 10.3 Å². The van der Waals surface area contributed by atoms with Crippen LogP contribution in [0.15, 0.2) is 90.0 Å². The SMILES string of the molecule is CCOc1ccccc1CNC(=O)c1cccc(Cn2c(=O)c3cccn3c3cccnc32)c1. The molecule has 0 atom stereocenters. The number of ether oxygens (including phenoxy) is 1. The lowest BCUT2D eigenvalue weighted by atomic mass is 10.1. The van der Waals surface area contributed by atoms with Gasteiger partial charge in [0.1, 0.15) is 11.3 Å². The van der Waals surface area contributed by atoms with E-state index in [-0.39, 0.29) is 11.5 Å². The third-order valence-electron chi connectivity index (χ3n) is 5.74. The molecule has 5 aromatic rings. The highest BCUT2D eigenvalue weighted by molar-refractivity contribution is 5.94. The van der Waals surface area contributed by atoms with Crippen LogP contribution in [0.3, 0.4) is 0 Å². The zero-order chi connectivity index (χ0) is 23.5. The molecule has 3 heterocycles. The number of benzene rings is 2. The van der Waals surface area contributed by atoms with Crippen molar-refractivity contribution >= 4 is 22.6 Å². The van der Waals surface area contributed by atoms with Crippen LogP contribution in [0.4, 0.5) is 0 Å². The average Bonchev–Trinajstić information content (AvgIpc) is 3.37. The van der Waals surface area contributed by atoms with Gasteiger partial charge in [-0.15, -0.1) is 0 Å².